The first-order valence-electron chi connectivity index (χ1n) is 8.00. The third-order valence-corrected chi connectivity index (χ3v) is 4.67. The van der Waals surface area contributed by atoms with Crippen LogP contribution < -0.4 is 10.1 Å². The fraction of sp³-hybridized carbons (Fsp3) is 0.438. The first kappa shape index (κ1) is 21.7. The zero-order valence-corrected chi connectivity index (χ0v) is 17.6. The summed E-state index contributed by atoms with van der Waals surface area (Å²) < 4.78 is 43.7. The van der Waals surface area contributed by atoms with E-state index < -0.39 is 11.9 Å². The molecule has 0 bridgehead atoms. The fourth-order valence-corrected chi connectivity index (χ4v) is 3.35. The molecule has 6 nitrogen and oxygen atoms in total. The summed E-state index contributed by atoms with van der Waals surface area (Å²) in [5, 5.41) is 4.44. The minimum absolute atomic E-state index is 0. The molecule has 3 heterocycles. The number of rotatable bonds is 4. The molecule has 1 aliphatic heterocycles. The lowest BCUT2D eigenvalue weighted by atomic mass is 10.3. The zero-order valence-electron chi connectivity index (χ0n) is 14.4. The van der Waals surface area contributed by atoms with Crippen molar-refractivity contribution in [1.82, 2.24) is 20.2 Å². The number of hydrogen-bond donors (Lipinski definition) is 1. The Hall–Kier alpha value is -1.63. The van der Waals surface area contributed by atoms with E-state index in [1.807, 2.05) is 17.0 Å². The molecule has 2 aromatic rings. The Morgan fingerprint density at radius 1 is 1.44 bits per heavy atom. The van der Waals surface area contributed by atoms with E-state index in [0.29, 0.717) is 23.4 Å². The van der Waals surface area contributed by atoms with Crippen molar-refractivity contribution in [2.24, 2.45) is 4.99 Å². The predicted octanol–water partition coefficient (Wildman–Crippen LogP) is 3.40. The highest BCUT2D eigenvalue weighted by Gasteiger charge is 2.33. The van der Waals surface area contributed by atoms with E-state index in [1.165, 1.54) is 0 Å². The van der Waals surface area contributed by atoms with Crippen LogP contribution in [0.5, 0.6) is 5.88 Å². The van der Waals surface area contributed by atoms with Gasteiger partial charge < -0.3 is 15.0 Å². The molecule has 1 unspecified atom stereocenters. The van der Waals surface area contributed by atoms with E-state index >= 15 is 0 Å². The van der Waals surface area contributed by atoms with Crippen LogP contribution in [0.3, 0.4) is 0 Å². The van der Waals surface area contributed by atoms with Crippen molar-refractivity contribution in [2.75, 3.05) is 20.1 Å². The Kier molecular flexibility index (Phi) is 7.65. The third-order valence-electron chi connectivity index (χ3n) is 3.82. The van der Waals surface area contributed by atoms with Gasteiger partial charge >= 0.3 is 6.18 Å². The molecule has 2 aromatic heterocycles. The summed E-state index contributed by atoms with van der Waals surface area (Å²) in [6, 6.07) is 5.48. The fourth-order valence-electron chi connectivity index (χ4n) is 2.61. The highest BCUT2D eigenvalue weighted by Crippen LogP contribution is 2.30. The van der Waals surface area contributed by atoms with E-state index in [4.69, 9.17) is 4.74 Å². The highest BCUT2D eigenvalue weighted by atomic mass is 127. The Morgan fingerprint density at radius 2 is 2.26 bits per heavy atom. The Balaban J connectivity index is 0.00000261. The summed E-state index contributed by atoms with van der Waals surface area (Å²) in [6.45, 7) is 1.56. The van der Waals surface area contributed by atoms with Gasteiger partial charge in [-0.3, -0.25) is 4.99 Å². The summed E-state index contributed by atoms with van der Waals surface area (Å²) in [6.07, 6.45) is -1.94. The maximum absolute atomic E-state index is 12.6. The number of hydrogen-bond acceptors (Lipinski definition) is 5. The lowest BCUT2D eigenvalue weighted by Gasteiger charge is -2.21. The number of pyridine rings is 1. The first-order chi connectivity index (χ1) is 12.5. The maximum Gasteiger partial charge on any atom is 0.434 e. The van der Waals surface area contributed by atoms with Crippen LogP contribution in [-0.4, -0.2) is 47.1 Å². The van der Waals surface area contributed by atoms with Gasteiger partial charge in [-0.2, -0.15) is 13.2 Å². The summed E-state index contributed by atoms with van der Waals surface area (Å²) >= 11 is 0.974. The second-order valence-electron chi connectivity index (χ2n) is 5.67. The van der Waals surface area contributed by atoms with Crippen molar-refractivity contribution in [3.63, 3.8) is 0 Å². The average Bonchev–Trinajstić information content (AvgIpc) is 3.26. The molecular formula is C16H19F3IN5OS. The largest absolute Gasteiger partial charge is 0.472 e. The van der Waals surface area contributed by atoms with Crippen molar-refractivity contribution in [3.8, 4) is 5.88 Å². The molecule has 0 saturated carbocycles. The molecule has 0 aliphatic carbocycles. The third kappa shape index (κ3) is 5.92. The molecule has 1 saturated heterocycles. The van der Waals surface area contributed by atoms with E-state index in [-0.39, 0.29) is 36.6 Å². The molecule has 0 spiro atoms. The van der Waals surface area contributed by atoms with Crippen molar-refractivity contribution in [3.05, 3.63) is 40.5 Å². The Labute approximate surface area is 175 Å². The van der Waals surface area contributed by atoms with Crippen molar-refractivity contribution < 1.29 is 17.9 Å². The number of ether oxygens (including phenoxy) is 1. The zero-order chi connectivity index (χ0) is 18.6. The van der Waals surface area contributed by atoms with Gasteiger partial charge in [0.25, 0.3) is 0 Å². The number of aromatic nitrogens is 2. The van der Waals surface area contributed by atoms with Crippen LogP contribution >= 0.6 is 35.3 Å². The average molecular weight is 513 g/mol. The van der Waals surface area contributed by atoms with Gasteiger partial charge in [0.15, 0.2) is 11.7 Å². The first-order valence-corrected chi connectivity index (χ1v) is 8.88. The van der Waals surface area contributed by atoms with Crippen LogP contribution in [0.1, 0.15) is 17.1 Å². The van der Waals surface area contributed by atoms with Crippen molar-refractivity contribution >= 4 is 41.3 Å². The molecule has 1 N–H and O–H groups in total. The van der Waals surface area contributed by atoms with Crippen LogP contribution in [0.4, 0.5) is 13.2 Å². The number of nitrogens with one attached hydrogen (secondary N) is 1. The molecule has 148 valence electrons. The molecular weight excluding hydrogens is 494 g/mol. The van der Waals surface area contributed by atoms with Gasteiger partial charge in [0, 0.05) is 37.7 Å². The molecule has 1 atom stereocenters. The van der Waals surface area contributed by atoms with Gasteiger partial charge in [-0.25, -0.2) is 9.97 Å². The SMILES string of the molecule is CN=C(NCc1nc(C(F)(F)F)cs1)N1CCC(Oc2ccccn2)C1.I. The Bertz CT molecular complexity index is 756. The van der Waals surface area contributed by atoms with Gasteiger partial charge in [0.1, 0.15) is 11.1 Å². The number of thiazole rings is 1. The van der Waals surface area contributed by atoms with Crippen molar-refractivity contribution in [2.45, 2.75) is 25.2 Å². The Morgan fingerprint density at radius 3 is 2.89 bits per heavy atom. The van der Waals surface area contributed by atoms with Gasteiger partial charge in [-0.15, -0.1) is 35.3 Å². The second kappa shape index (κ2) is 9.53. The molecule has 3 rings (SSSR count). The molecule has 11 heteroatoms. The van der Waals surface area contributed by atoms with Crippen LogP contribution in [0.25, 0.3) is 0 Å². The number of nitrogens with zero attached hydrogens (tertiary/aromatic N) is 4. The van der Waals surface area contributed by atoms with E-state index in [2.05, 4.69) is 20.3 Å². The molecule has 27 heavy (non-hydrogen) atoms. The minimum Gasteiger partial charge on any atom is -0.472 e. The maximum atomic E-state index is 12.6. The smallest absolute Gasteiger partial charge is 0.434 e. The molecule has 1 aliphatic rings. The standard InChI is InChI=1S/C16H18F3N5OS.HI/c1-20-15(22-8-14-23-12(10-26-14)16(17,18)19)24-7-5-11(9-24)25-13-4-2-3-6-21-13;/h2-4,6,10-11H,5,7-9H2,1H3,(H,20,22);1H. The molecule has 1 fully saturated rings. The minimum atomic E-state index is -4.42. The second-order valence-corrected chi connectivity index (χ2v) is 6.61. The van der Waals surface area contributed by atoms with Crippen LogP contribution in [-0.2, 0) is 12.7 Å². The summed E-state index contributed by atoms with van der Waals surface area (Å²) in [7, 11) is 1.64. The van der Waals surface area contributed by atoms with Gasteiger partial charge in [0.05, 0.1) is 13.1 Å². The molecule has 0 radical (unpaired) electrons. The topological polar surface area (TPSA) is 62.6 Å². The monoisotopic (exact) mass is 513 g/mol. The highest BCUT2D eigenvalue weighted by molar-refractivity contribution is 14.0. The van der Waals surface area contributed by atoms with Crippen LogP contribution in [0.15, 0.2) is 34.8 Å². The summed E-state index contributed by atoms with van der Waals surface area (Å²) in [5.74, 6) is 1.19. The van der Waals surface area contributed by atoms with Crippen LogP contribution in [0.2, 0.25) is 0 Å². The van der Waals surface area contributed by atoms with Crippen LogP contribution in [0, 0.1) is 0 Å². The molecule has 0 amide bonds. The number of aliphatic imine (C=N–C) groups is 1. The van der Waals surface area contributed by atoms with Gasteiger partial charge in [0.2, 0.25) is 5.88 Å². The quantitative estimate of drug-likeness (QED) is 0.386. The van der Waals surface area contributed by atoms with Crippen molar-refractivity contribution in [1.29, 1.82) is 0 Å². The van der Waals surface area contributed by atoms with Gasteiger partial charge in [-0.05, 0) is 6.07 Å². The van der Waals surface area contributed by atoms with Gasteiger partial charge in [-0.1, -0.05) is 6.07 Å². The summed E-state index contributed by atoms with van der Waals surface area (Å²) in [4.78, 5) is 14.0. The number of likely N-dealkylation sites (tertiary alicyclic amines) is 1. The lowest BCUT2D eigenvalue weighted by molar-refractivity contribution is -0.140. The van der Waals surface area contributed by atoms with E-state index in [1.54, 1.807) is 19.3 Å². The molecule has 0 aromatic carbocycles. The van der Waals surface area contributed by atoms with E-state index in [0.717, 1.165) is 29.7 Å². The van der Waals surface area contributed by atoms with E-state index in [9.17, 15) is 13.2 Å². The number of guanidine groups is 1. The number of alkyl halides is 3. The lowest BCUT2D eigenvalue weighted by Crippen LogP contribution is -2.40. The number of halogens is 4. The predicted molar refractivity (Wildman–Crippen MR) is 108 cm³/mol. The summed E-state index contributed by atoms with van der Waals surface area (Å²) in [5.41, 5.74) is -0.862. The normalized spacial score (nSPS) is 17.6.